The number of hydrogen-bond donors (Lipinski definition) is 3. The van der Waals surface area contributed by atoms with Crippen LogP contribution in [-0.2, 0) is 39.6 Å². The maximum absolute atomic E-state index is 11.4. The van der Waals surface area contributed by atoms with Crippen LogP contribution in [0.1, 0.15) is 53.4 Å². The van der Waals surface area contributed by atoms with E-state index in [1.807, 2.05) is 47.0 Å². The van der Waals surface area contributed by atoms with Crippen molar-refractivity contribution >= 4 is 47.3 Å². The summed E-state index contributed by atoms with van der Waals surface area (Å²) in [4.78, 5) is 75.1. The van der Waals surface area contributed by atoms with Crippen molar-refractivity contribution in [1.82, 2.24) is 20.6 Å². The zero-order chi connectivity index (χ0) is 29.1. The summed E-state index contributed by atoms with van der Waals surface area (Å²) in [6, 6.07) is 9.70. The van der Waals surface area contributed by atoms with Crippen molar-refractivity contribution in [3.05, 3.63) is 59.4 Å². The second kappa shape index (κ2) is 15.5. The number of aromatic nitrogens is 2. The molecule has 13 nitrogen and oxygen atoms in total. The van der Waals surface area contributed by atoms with Gasteiger partial charge in [-0.25, -0.2) is 9.97 Å². The Hall–Kier alpha value is -4.02. The van der Waals surface area contributed by atoms with E-state index in [0.717, 1.165) is 11.6 Å². The average Bonchev–Trinajstić information content (AvgIpc) is 2.91. The molecule has 0 radical (unpaired) electrons. The molecule has 2 aromatic heterocycles. The molecule has 4 rings (SSSR count). The van der Waals surface area contributed by atoms with Gasteiger partial charge in [0.2, 0.25) is 0 Å². The first kappa shape index (κ1) is 34.0. The fourth-order valence-corrected chi connectivity index (χ4v) is 3.83. The number of amides is 8. The predicted octanol–water partition coefficient (Wildman–Crippen LogP) is 4.10. The third-order valence-corrected chi connectivity index (χ3v) is 6.54. The molecule has 8 amide bonds. The number of pyridine rings is 2. The van der Waals surface area contributed by atoms with E-state index in [1.165, 1.54) is 0 Å². The van der Waals surface area contributed by atoms with Gasteiger partial charge in [-0.2, -0.15) is 0 Å². The first-order valence-corrected chi connectivity index (χ1v) is 12.4. The number of carbonyl (C=O) groups is 6. The number of barbiturate groups is 2. The van der Waals surface area contributed by atoms with Gasteiger partial charge in [0.05, 0.1) is 10.8 Å². The molecule has 216 valence electrons. The predicted molar refractivity (Wildman–Crippen MR) is 142 cm³/mol. The minimum absolute atomic E-state index is 0. The van der Waals surface area contributed by atoms with Crippen LogP contribution >= 0.6 is 0 Å². The molecule has 2 aliphatic rings. The molecule has 14 heteroatoms. The van der Waals surface area contributed by atoms with Gasteiger partial charge < -0.3 is 26.6 Å². The summed E-state index contributed by atoms with van der Waals surface area (Å²) in [6.45, 7) is 6.91. The standard InChI is InChI=1S/C10H9N3.2C8H12N2O3.Pd/c1-3-7-11-9(5-1)13-10-6-2-4-8-12-10;2*1-3-8(4-2)5(11)9-7(13)10-6(8)12;/h1-8H,(H,11,12,13);2*3-4H2,1-2H3,(H2,9,10,11,12,13);/q;;;+2/p-2. The molecule has 2 aromatic rings. The molecule has 2 aliphatic heterocycles. The molecule has 2 fully saturated rings. The zero-order valence-corrected chi connectivity index (χ0v) is 24.1. The van der Waals surface area contributed by atoms with Crippen LogP contribution in [0.4, 0.5) is 21.2 Å². The van der Waals surface area contributed by atoms with Crippen molar-refractivity contribution in [1.29, 1.82) is 0 Å². The van der Waals surface area contributed by atoms with Gasteiger partial charge in [0.15, 0.2) is 35.7 Å². The normalized spacial score (nSPS) is 16.7. The first-order valence-electron chi connectivity index (χ1n) is 12.4. The van der Waals surface area contributed by atoms with Crippen LogP contribution in [0.5, 0.6) is 0 Å². The second-order valence-electron chi connectivity index (χ2n) is 8.49. The first-order chi connectivity index (χ1) is 18.6. The molecule has 0 spiro atoms. The number of nitrogens with zero attached hydrogens (tertiary/aromatic N) is 4. The number of hydrogen-bond acceptors (Lipinski definition) is 9. The Morgan fingerprint density at radius 2 is 1.00 bits per heavy atom. The smallest absolute Gasteiger partial charge is 0.394 e. The molecule has 2 saturated heterocycles. The van der Waals surface area contributed by atoms with Crippen LogP contribution < -0.4 is 16.0 Å². The monoisotopic (exact) mass is 643 g/mol. The number of imide groups is 4. The second-order valence-corrected chi connectivity index (χ2v) is 8.49. The molecule has 3 N–H and O–H groups in total. The van der Waals surface area contributed by atoms with E-state index in [0.29, 0.717) is 25.7 Å². The van der Waals surface area contributed by atoms with Crippen molar-refractivity contribution in [3.63, 3.8) is 0 Å². The van der Waals surface area contributed by atoms with E-state index < -0.39 is 46.5 Å². The third-order valence-electron chi connectivity index (χ3n) is 6.54. The van der Waals surface area contributed by atoms with E-state index in [2.05, 4.69) is 25.9 Å². The Labute approximate surface area is 245 Å². The molecular formula is C26H31N7O6Pd. The topological polar surface area (TPSA) is 192 Å². The summed E-state index contributed by atoms with van der Waals surface area (Å²) < 4.78 is 0. The fourth-order valence-electron chi connectivity index (χ4n) is 3.83. The van der Waals surface area contributed by atoms with Crippen molar-refractivity contribution in [2.75, 3.05) is 5.32 Å². The van der Waals surface area contributed by atoms with Gasteiger partial charge in [-0.15, -0.1) is 0 Å². The van der Waals surface area contributed by atoms with Gasteiger partial charge in [-0.05, 0) is 49.9 Å². The Bertz CT molecular complexity index is 1070. The summed E-state index contributed by atoms with van der Waals surface area (Å²) in [6.07, 6.45) is 4.95. The Kier molecular flexibility index (Phi) is 13.2. The maximum Gasteiger partial charge on any atom is 2.00 e. The minimum Gasteiger partial charge on any atom is -0.394 e. The van der Waals surface area contributed by atoms with Gasteiger partial charge in [0, 0.05) is 12.4 Å². The van der Waals surface area contributed by atoms with E-state index in [-0.39, 0.29) is 20.4 Å². The van der Waals surface area contributed by atoms with Crippen LogP contribution in [-0.4, -0.2) is 45.7 Å². The average molecular weight is 644 g/mol. The molecular weight excluding hydrogens is 613 g/mol. The Balaban J connectivity index is 0.000000296. The molecule has 4 heterocycles. The van der Waals surface area contributed by atoms with Crippen LogP contribution in [0.3, 0.4) is 0 Å². The molecule has 0 aliphatic carbocycles. The zero-order valence-electron chi connectivity index (χ0n) is 22.5. The molecule has 0 aromatic carbocycles. The molecule has 0 bridgehead atoms. The van der Waals surface area contributed by atoms with Crippen LogP contribution in [0, 0.1) is 10.8 Å². The summed E-state index contributed by atoms with van der Waals surface area (Å²) in [5.74, 6) is -0.676. The number of urea groups is 2. The van der Waals surface area contributed by atoms with Crippen molar-refractivity contribution < 1.29 is 49.2 Å². The van der Waals surface area contributed by atoms with Crippen LogP contribution in [0.2, 0.25) is 0 Å². The summed E-state index contributed by atoms with van der Waals surface area (Å²) in [5, 5.41) is 13.6. The van der Waals surface area contributed by atoms with E-state index in [4.69, 9.17) is 0 Å². The largest absolute Gasteiger partial charge is 2.00 e. The molecule has 40 heavy (non-hydrogen) atoms. The molecule has 0 saturated carbocycles. The quantitative estimate of drug-likeness (QED) is 0.307. The number of carbonyl (C=O) groups excluding carboxylic acids is 6. The fraction of sp³-hybridized carbons (Fsp3) is 0.385. The van der Waals surface area contributed by atoms with Crippen LogP contribution in [0.25, 0.3) is 10.6 Å². The van der Waals surface area contributed by atoms with Gasteiger partial charge in [0.1, 0.15) is 11.6 Å². The Morgan fingerprint density at radius 3 is 1.25 bits per heavy atom. The maximum atomic E-state index is 11.4. The number of rotatable bonds is 6. The number of anilines is 2. The van der Waals surface area contributed by atoms with Crippen LogP contribution in [0.15, 0.2) is 48.8 Å². The van der Waals surface area contributed by atoms with E-state index >= 15 is 0 Å². The Morgan fingerprint density at radius 1 is 0.650 bits per heavy atom. The number of nitrogens with one attached hydrogen (secondary N) is 3. The molecule has 0 atom stereocenters. The van der Waals surface area contributed by atoms with Crippen molar-refractivity contribution in [3.8, 4) is 0 Å². The summed E-state index contributed by atoms with van der Waals surface area (Å²) in [5.41, 5.74) is -2.23. The molecule has 0 unspecified atom stereocenters. The van der Waals surface area contributed by atoms with Crippen molar-refractivity contribution in [2.24, 2.45) is 10.8 Å². The van der Waals surface area contributed by atoms with Gasteiger partial charge >= 0.3 is 20.4 Å². The SMILES string of the molecule is CCC1(CC)C(=O)[N-]C(=O)NC1=O.CCC1(CC)C(=O)[N-]C(=O)NC1=O.[Pd+2].c1ccc(Nc2ccccn2)nc1. The van der Waals surface area contributed by atoms with Gasteiger partial charge in [-0.3, -0.25) is 28.8 Å². The third kappa shape index (κ3) is 8.00. The summed E-state index contributed by atoms with van der Waals surface area (Å²) >= 11 is 0. The summed E-state index contributed by atoms with van der Waals surface area (Å²) in [7, 11) is 0. The van der Waals surface area contributed by atoms with Gasteiger partial charge in [0.25, 0.3) is 0 Å². The van der Waals surface area contributed by atoms with E-state index in [9.17, 15) is 28.8 Å². The van der Waals surface area contributed by atoms with Crippen molar-refractivity contribution in [2.45, 2.75) is 53.4 Å². The van der Waals surface area contributed by atoms with E-state index in [1.54, 1.807) is 40.1 Å². The minimum atomic E-state index is -1.12. The van der Waals surface area contributed by atoms with Gasteiger partial charge in [-0.1, -0.05) is 39.8 Å².